The number of amides is 1. The van der Waals surface area contributed by atoms with E-state index < -0.39 is 6.10 Å². The average Bonchev–Trinajstić information content (AvgIpc) is 2.97. The first-order valence-electron chi connectivity index (χ1n) is 6.71. The van der Waals surface area contributed by atoms with Crippen LogP contribution in [0.4, 0.5) is 5.69 Å². The predicted molar refractivity (Wildman–Crippen MR) is 84.2 cm³/mol. The number of hydrogen-bond donors (Lipinski definition) is 2. The van der Waals surface area contributed by atoms with Crippen LogP contribution in [0, 0.1) is 0 Å². The number of hydrogen-bond acceptors (Lipinski definition) is 4. The maximum Gasteiger partial charge on any atom is 0.268 e. The Balaban J connectivity index is 1.67. The molecule has 1 atom stereocenters. The summed E-state index contributed by atoms with van der Waals surface area (Å²) in [6, 6.07) is 13.6. The minimum Gasteiger partial charge on any atom is -0.508 e. The number of nitrogens with one attached hydrogen (secondary N) is 1. The van der Waals surface area contributed by atoms with Gasteiger partial charge in [0, 0.05) is 28.8 Å². The van der Waals surface area contributed by atoms with E-state index in [0.29, 0.717) is 22.8 Å². The lowest BCUT2D eigenvalue weighted by atomic mass is 10.0. The van der Waals surface area contributed by atoms with E-state index in [2.05, 4.69) is 10.5 Å². The van der Waals surface area contributed by atoms with Crippen molar-refractivity contribution in [2.75, 3.05) is 5.32 Å². The van der Waals surface area contributed by atoms with Crippen LogP contribution in [0.5, 0.6) is 5.75 Å². The quantitative estimate of drug-likeness (QED) is 0.913. The number of phenolic OH excluding ortho intramolecular Hbond substituents is 1. The fourth-order valence-electron chi connectivity index (χ4n) is 2.18. The van der Waals surface area contributed by atoms with Crippen LogP contribution in [0.15, 0.2) is 53.7 Å². The lowest BCUT2D eigenvalue weighted by molar-refractivity contribution is -0.125. The van der Waals surface area contributed by atoms with E-state index >= 15 is 0 Å². The Bertz CT molecular complexity index is 746. The Kier molecular flexibility index (Phi) is 3.98. The summed E-state index contributed by atoms with van der Waals surface area (Å²) in [6.07, 6.45) is -0.373. The summed E-state index contributed by atoms with van der Waals surface area (Å²) < 4.78 is 0. The molecule has 6 heteroatoms. The highest BCUT2D eigenvalue weighted by atomic mass is 35.5. The van der Waals surface area contributed by atoms with E-state index in [1.807, 2.05) is 18.2 Å². The van der Waals surface area contributed by atoms with Crippen LogP contribution >= 0.6 is 11.6 Å². The van der Waals surface area contributed by atoms with Crippen molar-refractivity contribution in [3.63, 3.8) is 0 Å². The molecule has 0 aliphatic carbocycles. The van der Waals surface area contributed by atoms with Crippen molar-refractivity contribution in [3.8, 4) is 5.75 Å². The first kappa shape index (κ1) is 14.4. The van der Waals surface area contributed by atoms with Crippen LogP contribution in [0.3, 0.4) is 0 Å². The Labute approximate surface area is 132 Å². The molecule has 1 amide bonds. The molecule has 2 aromatic rings. The minimum atomic E-state index is -0.714. The zero-order chi connectivity index (χ0) is 15.5. The van der Waals surface area contributed by atoms with Crippen molar-refractivity contribution in [3.05, 3.63) is 59.1 Å². The molecule has 1 aliphatic heterocycles. The SMILES string of the molecule is O=C(Nc1cccc(O)c1)[C@H]1CC(c2ccccc2Cl)=NO1. The second-order valence-corrected chi connectivity index (χ2v) is 5.26. The van der Waals surface area contributed by atoms with E-state index in [4.69, 9.17) is 16.4 Å². The average molecular weight is 317 g/mol. The number of anilines is 1. The molecule has 112 valence electrons. The lowest BCUT2D eigenvalue weighted by Gasteiger charge is -2.09. The van der Waals surface area contributed by atoms with Crippen molar-refractivity contribution >= 4 is 28.9 Å². The van der Waals surface area contributed by atoms with Gasteiger partial charge >= 0.3 is 0 Å². The summed E-state index contributed by atoms with van der Waals surface area (Å²) in [4.78, 5) is 17.4. The molecule has 0 spiro atoms. The van der Waals surface area contributed by atoms with Crippen LogP contribution in [-0.4, -0.2) is 22.8 Å². The number of phenols is 1. The van der Waals surface area contributed by atoms with E-state index in [9.17, 15) is 9.90 Å². The van der Waals surface area contributed by atoms with Gasteiger partial charge in [0.2, 0.25) is 6.10 Å². The van der Waals surface area contributed by atoms with Gasteiger partial charge in [-0.1, -0.05) is 41.0 Å². The van der Waals surface area contributed by atoms with Gasteiger partial charge in [-0.2, -0.15) is 0 Å². The molecule has 0 fully saturated rings. The monoisotopic (exact) mass is 316 g/mol. The van der Waals surface area contributed by atoms with E-state index in [-0.39, 0.29) is 11.7 Å². The fourth-order valence-corrected chi connectivity index (χ4v) is 2.42. The standard InChI is InChI=1S/C16H13ClN2O3/c17-13-7-2-1-6-12(13)14-9-15(22-19-14)16(21)18-10-4-3-5-11(20)8-10/h1-8,15,20H,9H2,(H,18,21)/t15-/m1/s1. The second-order valence-electron chi connectivity index (χ2n) is 4.86. The van der Waals surface area contributed by atoms with E-state index in [0.717, 1.165) is 5.56 Å². The van der Waals surface area contributed by atoms with Crippen LogP contribution < -0.4 is 5.32 Å². The zero-order valence-electron chi connectivity index (χ0n) is 11.5. The van der Waals surface area contributed by atoms with Crippen LogP contribution in [0.2, 0.25) is 5.02 Å². The lowest BCUT2D eigenvalue weighted by Crippen LogP contribution is -2.28. The molecular formula is C16H13ClN2O3. The molecule has 5 nitrogen and oxygen atoms in total. The van der Waals surface area contributed by atoms with E-state index in [1.54, 1.807) is 18.2 Å². The van der Waals surface area contributed by atoms with Crippen molar-refractivity contribution in [2.45, 2.75) is 12.5 Å². The maximum atomic E-state index is 12.2. The molecule has 22 heavy (non-hydrogen) atoms. The van der Waals surface area contributed by atoms with Gasteiger partial charge in [-0.15, -0.1) is 0 Å². The van der Waals surface area contributed by atoms with Crippen LogP contribution in [-0.2, 0) is 9.63 Å². The summed E-state index contributed by atoms with van der Waals surface area (Å²) >= 11 is 6.11. The number of benzene rings is 2. The van der Waals surface area contributed by atoms with Gasteiger partial charge in [0.15, 0.2) is 0 Å². The summed E-state index contributed by atoms with van der Waals surface area (Å²) in [5, 5.41) is 16.6. The summed E-state index contributed by atoms with van der Waals surface area (Å²) in [6.45, 7) is 0. The van der Waals surface area contributed by atoms with Gasteiger partial charge in [-0.05, 0) is 18.2 Å². The largest absolute Gasteiger partial charge is 0.508 e. The normalized spacial score (nSPS) is 16.8. The minimum absolute atomic E-state index is 0.0816. The van der Waals surface area contributed by atoms with Gasteiger partial charge in [-0.25, -0.2) is 0 Å². The molecular weight excluding hydrogens is 304 g/mol. The highest BCUT2D eigenvalue weighted by molar-refractivity contribution is 6.34. The number of halogens is 1. The smallest absolute Gasteiger partial charge is 0.268 e. The topological polar surface area (TPSA) is 70.9 Å². The second kappa shape index (κ2) is 6.07. The molecule has 0 aromatic heterocycles. The number of carbonyl (C=O) groups is 1. The summed E-state index contributed by atoms with van der Waals surface area (Å²) in [5.74, 6) is -0.241. The molecule has 0 saturated carbocycles. The van der Waals surface area contributed by atoms with Gasteiger partial charge in [-0.3, -0.25) is 4.79 Å². The Hall–Kier alpha value is -2.53. The van der Waals surface area contributed by atoms with Gasteiger partial charge in [0.1, 0.15) is 5.75 Å². The first-order chi connectivity index (χ1) is 10.6. The van der Waals surface area contributed by atoms with Gasteiger partial charge < -0.3 is 15.3 Å². The molecule has 0 radical (unpaired) electrons. The third-order valence-corrected chi connectivity index (χ3v) is 3.59. The molecule has 2 N–H and O–H groups in total. The van der Waals surface area contributed by atoms with Gasteiger partial charge in [0.25, 0.3) is 5.91 Å². The highest BCUT2D eigenvalue weighted by Gasteiger charge is 2.29. The van der Waals surface area contributed by atoms with Crippen LogP contribution in [0.25, 0.3) is 0 Å². The zero-order valence-corrected chi connectivity index (χ0v) is 12.2. The number of carbonyl (C=O) groups excluding carboxylic acids is 1. The number of aromatic hydroxyl groups is 1. The molecule has 3 rings (SSSR count). The molecule has 1 aliphatic rings. The van der Waals surface area contributed by atoms with Crippen molar-refractivity contribution in [1.82, 2.24) is 0 Å². The fraction of sp³-hybridized carbons (Fsp3) is 0.125. The Morgan fingerprint density at radius 2 is 2.09 bits per heavy atom. The molecule has 0 saturated heterocycles. The first-order valence-corrected chi connectivity index (χ1v) is 7.09. The third-order valence-electron chi connectivity index (χ3n) is 3.26. The summed E-state index contributed by atoms with van der Waals surface area (Å²) in [5.41, 5.74) is 1.90. The van der Waals surface area contributed by atoms with Crippen molar-refractivity contribution in [1.29, 1.82) is 0 Å². The van der Waals surface area contributed by atoms with E-state index in [1.165, 1.54) is 12.1 Å². The number of rotatable bonds is 3. The number of oxime groups is 1. The maximum absolute atomic E-state index is 12.2. The third kappa shape index (κ3) is 3.04. The highest BCUT2D eigenvalue weighted by Crippen LogP contribution is 2.24. The number of nitrogens with zero attached hydrogens (tertiary/aromatic N) is 1. The molecule has 0 unspecified atom stereocenters. The predicted octanol–water partition coefficient (Wildman–Crippen LogP) is 3.18. The molecule has 2 aromatic carbocycles. The van der Waals surface area contributed by atoms with Crippen LogP contribution in [0.1, 0.15) is 12.0 Å². The Morgan fingerprint density at radius 1 is 1.27 bits per heavy atom. The summed E-state index contributed by atoms with van der Waals surface area (Å²) in [7, 11) is 0. The van der Waals surface area contributed by atoms with Crippen molar-refractivity contribution < 1.29 is 14.7 Å². The van der Waals surface area contributed by atoms with Gasteiger partial charge in [0.05, 0.1) is 5.71 Å². The molecule has 0 bridgehead atoms. The van der Waals surface area contributed by atoms with Crippen molar-refractivity contribution in [2.24, 2.45) is 5.16 Å². The molecule has 1 heterocycles. The Morgan fingerprint density at radius 3 is 2.86 bits per heavy atom.